The predicted octanol–water partition coefficient (Wildman–Crippen LogP) is 3.17. The topological polar surface area (TPSA) is 64.8 Å². The van der Waals surface area contributed by atoms with Gasteiger partial charge in [-0.15, -0.1) is 5.10 Å². The zero-order chi connectivity index (χ0) is 16.7. The van der Waals surface area contributed by atoms with Gasteiger partial charge in [0.05, 0.1) is 6.20 Å². The summed E-state index contributed by atoms with van der Waals surface area (Å²) in [6.07, 6.45) is 2.98. The fraction of sp³-hybridized carbons (Fsp3) is 0.0526. The van der Waals surface area contributed by atoms with E-state index < -0.39 is 0 Å². The van der Waals surface area contributed by atoms with Gasteiger partial charge in [-0.25, -0.2) is 4.68 Å². The highest BCUT2D eigenvalue weighted by Crippen LogP contribution is 2.25. The van der Waals surface area contributed by atoms with Crippen molar-refractivity contribution in [1.82, 2.24) is 15.0 Å². The van der Waals surface area contributed by atoms with Gasteiger partial charge in [0, 0.05) is 22.8 Å². The molecule has 0 bridgehead atoms. The minimum atomic E-state index is -0.231. The summed E-state index contributed by atoms with van der Waals surface area (Å²) in [5.41, 5.74) is 3.73. The number of hydrogen-bond donors (Lipinski definition) is 0. The third-order valence-corrected chi connectivity index (χ3v) is 4.03. The predicted molar refractivity (Wildman–Crippen MR) is 89.6 cm³/mol. The number of carbonyl (C=O) groups excluding carboxylic acids is 2. The SMILES string of the molecule is Cc1ccc(-c2cn(C3=CC(=O)c4ccccc4C3=O)nn2)cc1. The Bertz CT molecular complexity index is 997. The molecule has 0 aliphatic heterocycles. The van der Waals surface area contributed by atoms with Gasteiger partial charge in [0.2, 0.25) is 5.78 Å². The Hall–Kier alpha value is -3.34. The van der Waals surface area contributed by atoms with Crippen LogP contribution in [0.3, 0.4) is 0 Å². The van der Waals surface area contributed by atoms with Crippen molar-refractivity contribution in [2.75, 3.05) is 0 Å². The summed E-state index contributed by atoms with van der Waals surface area (Å²) in [5.74, 6) is -0.432. The van der Waals surface area contributed by atoms with Gasteiger partial charge in [-0.3, -0.25) is 9.59 Å². The minimum absolute atomic E-state index is 0.201. The average molecular weight is 315 g/mol. The molecule has 0 atom stereocenters. The molecule has 0 saturated carbocycles. The van der Waals surface area contributed by atoms with Crippen LogP contribution in [0.25, 0.3) is 17.0 Å². The summed E-state index contributed by atoms with van der Waals surface area (Å²) in [4.78, 5) is 24.9. The Morgan fingerprint density at radius 2 is 1.62 bits per heavy atom. The smallest absolute Gasteiger partial charge is 0.212 e. The fourth-order valence-electron chi connectivity index (χ4n) is 2.71. The molecule has 1 aliphatic carbocycles. The molecule has 5 heteroatoms. The summed E-state index contributed by atoms with van der Waals surface area (Å²) >= 11 is 0. The van der Waals surface area contributed by atoms with Crippen molar-refractivity contribution in [2.45, 2.75) is 6.92 Å². The van der Waals surface area contributed by atoms with Crippen molar-refractivity contribution in [3.8, 4) is 11.3 Å². The van der Waals surface area contributed by atoms with Gasteiger partial charge in [-0.05, 0) is 6.92 Å². The standard InChI is InChI=1S/C19H13N3O2/c1-12-6-8-13(9-7-12)16-11-22(21-20-16)17-10-18(23)14-4-2-3-5-15(14)19(17)24/h2-11H,1H3. The van der Waals surface area contributed by atoms with Crippen LogP contribution < -0.4 is 0 Å². The zero-order valence-electron chi connectivity index (χ0n) is 12.9. The zero-order valence-corrected chi connectivity index (χ0v) is 12.9. The molecule has 1 heterocycles. The summed E-state index contributed by atoms with van der Waals surface area (Å²) in [5, 5.41) is 8.14. The Kier molecular flexibility index (Phi) is 3.20. The van der Waals surface area contributed by atoms with Gasteiger partial charge in [0.15, 0.2) is 5.78 Å². The molecule has 0 N–H and O–H groups in total. The lowest BCUT2D eigenvalue weighted by atomic mass is 9.93. The summed E-state index contributed by atoms with van der Waals surface area (Å²) in [7, 11) is 0. The second kappa shape index (κ2) is 5.38. The monoisotopic (exact) mass is 315 g/mol. The number of aromatic nitrogens is 3. The third-order valence-electron chi connectivity index (χ3n) is 4.03. The number of rotatable bonds is 2. The highest BCUT2D eigenvalue weighted by molar-refractivity contribution is 6.35. The molecule has 0 radical (unpaired) electrons. The molecule has 5 nitrogen and oxygen atoms in total. The molecule has 1 aliphatic rings. The lowest BCUT2D eigenvalue weighted by Crippen LogP contribution is -2.19. The highest BCUT2D eigenvalue weighted by atomic mass is 16.1. The molecule has 0 amide bonds. The van der Waals surface area contributed by atoms with Gasteiger partial charge in [0.1, 0.15) is 11.4 Å². The average Bonchev–Trinajstić information content (AvgIpc) is 3.08. The van der Waals surface area contributed by atoms with Crippen LogP contribution in [-0.2, 0) is 0 Å². The molecule has 0 unspecified atom stereocenters. The van der Waals surface area contributed by atoms with Crippen molar-refractivity contribution in [2.24, 2.45) is 0 Å². The second-order valence-corrected chi connectivity index (χ2v) is 5.68. The lowest BCUT2D eigenvalue weighted by molar-refractivity contribution is 0.0996. The molecule has 1 aromatic heterocycles. The molecule has 0 saturated heterocycles. The molecule has 116 valence electrons. The quantitative estimate of drug-likeness (QED) is 0.728. The van der Waals surface area contributed by atoms with Crippen LogP contribution in [0.15, 0.2) is 60.8 Å². The molecule has 0 spiro atoms. The van der Waals surface area contributed by atoms with E-state index in [1.54, 1.807) is 30.5 Å². The van der Waals surface area contributed by atoms with E-state index in [2.05, 4.69) is 10.3 Å². The van der Waals surface area contributed by atoms with Crippen LogP contribution in [-0.4, -0.2) is 26.6 Å². The van der Waals surface area contributed by atoms with Gasteiger partial charge < -0.3 is 0 Å². The molecule has 2 aromatic carbocycles. The summed E-state index contributed by atoms with van der Waals surface area (Å²) < 4.78 is 1.37. The second-order valence-electron chi connectivity index (χ2n) is 5.68. The number of carbonyl (C=O) groups is 2. The molecular formula is C19H13N3O2. The number of allylic oxidation sites excluding steroid dienone is 2. The summed E-state index contributed by atoms with van der Waals surface area (Å²) in [6.45, 7) is 2.01. The maximum atomic E-state index is 12.6. The Morgan fingerprint density at radius 3 is 2.38 bits per heavy atom. The normalized spacial score (nSPS) is 13.6. The van der Waals surface area contributed by atoms with Crippen molar-refractivity contribution in [1.29, 1.82) is 0 Å². The Labute approximate surface area is 138 Å². The van der Waals surface area contributed by atoms with E-state index in [9.17, 15) is 9.59 Å². The first kappa shape index (κ1) is 14.3. The fourth-order valence-corrected chi connectivity index (χ4v) is 2.71. The van der Waals surface area contributed by atoms with Crippen LogP contribution in [0.4, 0.5) is 0 Å². The first-order valence-corrected chi connectivity index (χ1v) is 7.53. The molecule has 4 rings (SSSR count). The van der Waals surface area contributed by atoms with Gasteiger partial charge in [-0.1, -0.05) is 59.3 Å². The van der Waals surface area contributed by atoms with Crippen molar-refractivity contribution in [3.05, 3.63) is 77.5 Å². The van der Waals surface area contributed by atoms with Gasteiger partial charge in [0.25, 0.3) is 0 Å². The first-order chi connectivity index (χ1) is 11.6. The summed E-state index contributed by atoms with van der Waals surface area (Å²) in [6, 6.07) is 14.7. The van der Waals surface area contributed by atoms with E-state index in [4.69, 9.17) is 0 Å². The van der Waals surface area contributed by atoms with Crippen LogP contribution >= 0.6 is 0 Å². The number of fused-ring (bicyclic) bond motifs is 1. The number of Topliss-reactive ketones (excluding diaryl/α,β-unsaturated/α-hetero) is 1. The first-order valence-electron chi connectivity index (χ1n) is 7.53. The number of benzene rings is 2. The largest absolute Gasteiger partial charge is 0.289 e. The minimum Gasteiger partial charge on any atom is -0.289 e. The third kappa shape index (κ3) is 2.27. The number of aryl methyl sites for hydroxylation is 1. The van der Waals surface area contributed by atoms with E-state index >= 15 is 0 Å². The Morgan fingerprint density at radius 1 is 0.917 bits per heavy atom. The van der Waals surface area contributed by atoms with E-state index in [1.807, 2.05) is 31.2 Å². The maximum absolute atomic E-state index is 12.6. The molecule has 3 aromatic rings. The van der Waals surface area contributed by atoms with Crippen LogP contribution in [0.1, 0.15) is 26.3 Å². The van der Waals surface area contributed by atoms with Crippen LogP contribution in [0, 0.1) is 6.92 Å². The van der Waals surface area contributed by atoms with E-state index in [0.717, 1.165) is 11.1 Å². The van der Waals surface area contributed by atoms with Crippen LogP contribution in [0.5, 0.6) is 0 Å². The maximum Gasteiger partial charge on any atom is 0.212 e. The van der Waals surface area contributed by atoms with Gasteiger partial charge in [-0.2, -0.15) is 0 Å². The van der Waals surface area contributed by atoms with Crippen molar-refractivity contribution < 1.29 is 9.59 Å². The van der Waals surface area contributed by atoms with E-state index in [1.165, 1.54) is 10.8 Å². The Balaban J connectivity index is 1.74. The van der Waals surface area contributed by atoms with Crippen LogP contribution in [0.2, 0.25) is 0 Å². The van der Waals surface area contributed by atoms with Crippen molar-refractivity contribution >= 4 is 17.3 Å². The highest BCUT2D eigenvalue weighted by Gasteiger charge is 2.27. The lowest BCUT2D eigenvalue weighted by Gasteiger charge is -2.13. The van der Waals surface area contributed by atoms with E-state index in [0.29, 0.717) is 16.8 Å². The molecular weight excluding hydrogens is 302 g/mol. The van der Waals surface area contributed by atoms with Crippen molar-refractivity contribution in [3.63, 3.8) is 0 Å². The molecule has 0 fully saturated rings. The van der Waals surface area contributed by atoms with E-state index in [-0.39, 0.29) is 17.3 Å². The number of ketones is 2. The number of nitrogens with zero attached hydrogens (tertiary/aromatic N) is 3. The molecule has 24 heavy (non-hydrogen) atoms. The number of hydrogen-bond acceptors (Lipinski definition) is 4. The van der Waals surface area contributed by atoms with Gasteiger partial charge >= 0.3 is 0 Å².